The van der Waals surface area contributed by atoms with Crippen LogP contribution in [0.3, 0.4) is 0 Å². The third-order valence-corrected chi connectivity index (χ3v) is 2.67. The fraction of sp³-hybridized carbons (Fsp3) is 0.400. The largest absolute Gasteiger partial charge is 0.444 e. The number of hydrogen-bond donors (Lipinski definition) is 3. The maximum absolute atomic E-state index is 11.4. The summed E-state index contributed by atoms with van der Waals surface area (Å²) < 4.78 is 5.06. The van der Waals surface area contributed by atoms with Crippen molar-refractivity contribution in [3.8, 4) is 0 Å². The molecule has 25 heavy (non-hydrogen) atoms. The number of pyridine rings is 1. The van der Waals surface area contributed by atoms with E-state index in [2.05, 4.69) is 15.6 Å². The van der Waals surface area contributed by atoms with E-state index in [0.29, 0.717) is 0 Å². The number of nitrogens with one attached hydrogen (secondary N) is 2. The molecule has 10 heteroatoms. The molecule has 0 bridgehead atoms. The Kier molecular flexibility index (Phi) is 6.85. The van der Waals surface area contributed by atoms with Crippen molar-refractivity contribution < 1.29 is 19.2 Å². The summed E-state index contributed by atoms with van der Waals surface area (Å²) in [5, 5.41) is 16.3. The molecule has 0 saturated carbocycles. The molecule has 0 spiro atoms. The van der Waals surface area contributed by atoms with Crippen LogP contribution in [0.25, 0.3) is 0 Å². The zero-order valence-electron chi connectivity index (χ0n) is 14.2. The van der Waals surface area contributed by atoms with Crippen LogP contribution in [0.4, 0.5) is 16.3 Å². The number of carbonyl (C=O) groups is 2. The smallest absolute Gasteiger partial charge is 0.407 e. The van der Waals surface area contributed by atoms with Crippen molar-refractivity contribution in [1.82, 2.24) is 10.3 Å². The van der Waals surface area contributed by atoms with Gasteiger partial charge in [0.05, 0.1) is 10.5 Å². The van der Waals surface area contributed by atoms with Gasteiger partial charge in [-0.2, -0.15) is 0 Å². The summed E-state index contributed by atoms with van der Waals surface area (Å²) in [6.07, 6.45) is 3.93. The number of nitrogens with two attached hydrogens (primary N) is 1. The number of carbonyl (C=O) groups excluding carboxylic acids is 2. The Morgan fingerprint density at radius 3 is 2.56 bits per heavy atom. The fourth-order valence-corrected chi connectivity index (χ4v) is 1.64. The molecular weight excluding hydrogens is 330 g/mol. The molecule has 0 atom stereocenters. The van der Waals surface area contributed by atoms with Gasteiger partial charge in [-0.15, -0.1) is 0 Å². The molecule has 1 heterocycles. The lowest BCUT2D eigenvalue weighted by atomic mass is 10.2. The highest BCUT2D eigenvalue weighted by molar-refractivity contribution is 5.93. The SMILES string of the molecule is CC(C)(C)OC(=O)NCC=CCNc1ncc(C(N)=O)cc1[N+](=O)[O-]. The zero-order valence-corrected chi connectivity index (χ0v) is 14.2. The molecule has 0 saturated heterocycles. The summed E-state index contributed by atoms with van der Waals surface area (Å²) in [5.41, 5.74) is 4.10. The maximum Gasteiger partial charge on any atom is 0.407 e. The number of anilines is 1. The lowest BCUT2D eigenvalue weighted by Gasteiger charge is -2.19. The maximum atomic E-state index is 11.4. The van der Waals surface area contributed by atoms with Gasteiger partial charge in [-0.1, -0.05) is 12.2 Å². The summed E-state index contributed by atoms with van der Waals surface area (Å²) in [6, 6.07) is 1.06. The Morgan fingerprint density at radius 1 is 1.36 bits per heavy atom. The van der Waals surface area contributed by atoms with E-state index in [1.54, 1.807) is 32.9 Å². The second-order valence-electron chi connectivity index (χ2n) is 5.95. The highest BCUT2D eigenvalue weighted by Crippen LogP contribution is 2.22. The average Bonchev–Trinajstić information content (AvgIpc) is 2.48. The first-order chi connectivity index (χ1) is 11.6. The van der Waals surface area contributed by atoms with Gasteiger partial charge < -0.3 is 21.1 Å². The van der Waals surface area contributed by atoms with Crippen LogP contribution < -0.4 is 16.4 Å². The van der Waals surface area contributed by atoms with Crippen LogP contribution in [-0.2, 0) is 4.74 Å². The predicted molar refractivity (Wildman–Crippen MR) is 91.3 cm³/mol. The first-order valence-corrected chi connectivity index (χ1v) is 7.40. The molecule has 10 nitrogen and oxygen atoms in total. The number of alkyl carbamates (subject to hydrolysis) is 1. The van der Waals surface area contributed by atoms with Crippen LogP contribution in [0.15, 0.2) is 24.4 Å². The molecule has 4 N–H and O–H groups in total. The Bertz CT molecular complexity index is 681. The summed E-state index contributed by atoms with van der Waals surface area (Å²) >= 11 is 0. The molecule has 0 unspecified atom stereocenters. The normalized spacial score (nSPS) is 11.2. The van der Waals surface area contributed by atoms with Crippen LogP contribution in [0, 0.1) is 10.1 Å². The van der Waals surface area contributed by atoms with Gasteiger partial charge in [0.1, 0.15) is 5.60 Å². The van der Waals surface area contributed by atoms with E-state index in [-0.39, 0.29) is 30.2 Å². The van der Waals surface area contributed by atoms with E-state index in [0.717, 1.165) is 12.3 Å². The highest BCUT2D eigenvalue weighted by Gasteiger charge is 2.17. The number of aromatic nitrogens is 1. The van der Waals surface area contributed by atoms with Gasteiger partial charge in [0, 0.05) is 25.4 Å². The molecular formula is C15H21N5O5. The van der Waals surface area contributed by atoms with E-state index < -0.39 is 22.5 Å². The third kappa shape index (κ3) is 7.29. The van der Waals surface area contributed by atoms with Crippen molar-refractivity contribution in [1.29, 1.82) is 0 Å². The van der Waals surface area contributed by atoms with Gasteiger partial charge in [0.2, 0.25) is 5.82 Å². The molecule has 2 amide bonds. The number of ether oxygens (including phenoxy) is 1. The van der Waals surface area contributed by atoms with Gasteiger partial charge in [0.25, 0.3) is 5.91 Å². The number of primary amides is 1. The molecule has 1 aromatic rings. The van der Waals surface area contributed by atoms with E-state index in [4.69, 9.17) is 10.5 Å². The van der Waals surface area contributed by atoms with Crippen LogP contribution in [0.2, 0.25) is 0 Å². The number of hydrogen-bond acceptors (Lipinski definition) is 7. The van der Waals surface area contributed by atoms with Crippen LogP contribution in [-0.4, -0.2) is 40.6 Å². The predicted octanol–water partition coefficient (Wildman–Crippen LogP) is 1.58. The second-order valence-corrected chi connectivity index (χ2v) is 5.95. The van der Waals surface area contributed by atoms with E-state index >= 15 is 0 Å². The molecule has 0 aliphatic heterocycles. The molecule has 136 valence electrons. The van der Waals surface area contributed by atoms with Gasteiger partial charge in [-0.05, 0) is 20.8 Å². The van der Waals surface area contributed by atoms with Crippen molar-refractivity contribution in [3.63, 3.8) is 0 Å². The minimum absolute atomic E-state index is 0.0137. The van der Waals surface area contributed by atoms with Crippen LogP contribution in [0.5, 0.6) is 0 Å². The van der Waals surface area contributed by atoms with E-state index in [9.17, 15) is 19.7 Å². The van der Waals surface area contributed by atoms with E-state index in [1.165, 1.54) is 0 Å². The molecule has 0 aromatic carbocycles. The quantitative estimate of drug-likeness (QED) is 0.383. The minimum Gasteiger partial charge on any atom is -0.444 e. The molecule has 0 radical (unpaired) electrons. The first-order valence-electron chi connectivity index (χ1n) is 7.40. The summed E-state index contributed by atoms with van der Waals surface area (Å²) in [4.78, 5) is 36.6. The standard InChI is InChI=1S/C15H21N5O5/c1-15(2,3)25-14(22)18-7-5-4-6-17-13-11(20(23)24)8-10(9-19-13)12(16)21/h4-5,8-9H,6-7H2,1-3H3,(H2,16,21)(H,17,19)(H,18,22). The minimum atomic E-state index is -0.796. The van der Waals surface area contributed by atoms with Gasteiger partial charge in [0.15, 0.2) is 0 Å². The lowest BCUT2D eigenvalue weighted by molar-refractivity contribution is -0.384. The number of rotatable bonds is 7. The van der Waals surface area contributed by atoms with Crippen molar-refractivity contribution in [2.45, 2.75) is 26.4 Å². The van der Waals surface area contributed by atoms with Crippen molar-refractivity contribution >= 4 is 23.5 Å². The summed E-state index contributed by atoms with van der Waals surface area (Å²) in [7, 11) is 0. The molecule has 0 fully saturated rings. The molecule has 1 rings (SSSR count). The Morgan fingerprint density at radius 2 is 2.00 bits per heavy atom. The first kappa shape index (κ1) is 19.9. The lowest BCUT2D eigenvalue weighted by Crippen LogP contribution is -2.32. The zero-order chi connectivity index (χ0) is 19.0. The summed E-state index contributed by atoms with van der Waals surface area (Å²) in [5.74, 6) is -0.782. The molecule has 0 aliphatic carbocycles. The molecule has 0 aliphatic rings. The fourth-order valence-electron chi connectivity index (χ4n) is 1.64. The van der Waals surface area contributed by atoms with Crippen molar-refractivity contribution in [3.05, 3.63) is 40.1 Å². The van der Waals surface area contributed by atoms with Crippen LogP contribution in [0.1, 0.15) is 31.1 Å². The van der Waals surface area contributed by atoms with Gasteiger partial charge in [-0.3, -0.25) is 14.9 Å². The highest BCUT2D eigenvalue weighted by atomic mass is 16.6. The Labute approximate surface area is 144 Å². The van der Waals surface area contributed by atoms with Gasteiger partial charge >= 0.3 is 11.8 Å². The number of amides is 2. The number of nitrogens with zero attached hydrogens (tertiary/aromatic N) is 2. The number of nitro groups is 1. The third-order valence-electron chi connectivity index (χ3n) is 2.67. The topological polar surface area (TPSA) is 149 Å². The van der Waals surface area contributed by atoms with Crippen molar-refractivity contribution in [2.75, 3.05) is 18.4 Å². The molecule has 1 aromatic heterocycles. The average molecular weight is 351 g/mol. The Hall–Kier alpha value is -3.17. The van der Waals surface area contributed by atoms with E-state index in [1.807, 2.05) is 0 Å². The Balaban J connectivity index is 2.52. The monoisotopic (exact) mass is 351 g/mol. The van der Waals surface area contributed by atoms with Crippen LogP contribution >= 0.6 is 0 Å². The van der Waals surface area contributed by atoms with Gasteiger partial charge in [-0.25, -0.2) is 9.78 Å². The van der Waals surface area contributed by atoms with Crippen molar-refractivity contribution in [2.24, 2.45) is 5.73 Å². The summed E-state index contributed by atoms with van der Waals surface area (Å²) in [6.45, 7) is 5.76. The second kappa shape index (κ2) is 8.62.